The van der Waals surface area contributed by atoms with Crippen molar-refractivity contribution in [1.29, 1.82) is 0 Å². The highest BCUT2D eigenvalue weighted by molar-refractivity contribution is 4.69. The molecule has 0 saturated carbocycles. The van der Waals surface area contributed by atoms with Crippen molar-refractivity contribution in [2.75, 3.05) is 66.1 Å². The van der Waals surface area contributed by atoms with Crippen LogP contribution in [0.5, 0.6) is 0 Å². The summed E-state index contributed by atoms with van der Waals surface area (Å²) in [7, 11) is 2.20. The average Bonchev–Trinajstić information content (AvgIpc) is 2.30. The zero-order valence-corrected chi connectivity index (χ0v) is 11.7. The maximum Gasteiger partial charge on any atom is 0.0591 e. The number of hydrogen-bond acceptors (Lipinski definition) is 4. The van der Waals surface area contributed by atoms with E-state index in [1.54, 1.807) is 0 Å². The number of piperazine rings is 1. The average molecular weight is 243 g/mol. The molecule has 1 aliphatic heterocycles. The van der Waals surface area contributed by atoms with E-state index >= 15 is 0 Å². The molecule has 0 radical (unpaired) electrons. The van der Waals surface area contributed by atoms with Gasteiger partial charge in [-0.25, -0.2) is 0 Å². The lowest BCUT2D eigenvalue weighted by molar-refractivity contribution is 0.110. The molecule has 1 heterocycles. The molecule has 1 saturated heterocycles. The third-order valence-electron chi connectivity index (χ3n) is 3.08. The second kappa shape index (κ2) is 8.86. The molecule has 0 bridgehead atoms. The first-order valence-corrected chi connectivity index (χ1v) is 6.88. The maximum absolute atomic E-state index is 5.52. The van der Waals surface area contributed by atoms with Crippen LogP contribution in [0.2, 0.25) is 0 Å². The number of ether oxygens (including phenoxy) is 1. The number of hydrogen-bond donors (Lipinski definition) is 1. The molecular formula is C13H29N3O. The summed E-state index contributed by atoms with van der Waals surface area (Å²) in [5, 5.41) is 3.44. The molecule has 0 spiro atoms. The lowest BCUT2D eigenvalue weighted by Crippen LogP contribution is -2.46. The molecule has 4 nitrogen and oxygen atoms in total. The first-order chi connectivity index (χ1) is 8.18. The van der Waals surface area contributed by atoms with E-state index in [-0.39, 0.29) is 0 Å². The third-order valence-corrected chi connectivity index (χ3v) is 3.08. The number of likely N-dealkylation sites (N-methyl/N-ethyl adjacent to an activating group) is 1. The topological polar surface area (TPSA) is 27.7 Å². The Balaban J connectivity index is 1.84. The molecule has 0 aromatic heterocycles. The summed E-state index contributed by atoms with van der Waals surface area (Å²) in [5.74, 6) is 0.639. The third kappa shape index (κ3) is 7.71. The second-order valence-corrected chi connectivity index (χ2v) is 5.36. The van der Waals surface area contributed by atoms with Gasteiger partial charge in [0, 0.05) is 52.4 Å². The minimum atomic E-state index is 0.639. The summed E-state index contributed by atoms with van der Waals surface area (Å²) < 4.78 is 5.52. The van der Waals surface area contributed by atoms with Gasteiger partial charge in [0.1, 0.15) is 0 Å². The molecule has 1 N–H and O–H groups in total. The SMILES string of the molecule is CC(C)COCCNCCN1CCN(C)CC1. The fourth-order valence-corrected chi connectivity index (χ4v) is 1.90. The van der Waals surface area contributed by atoms with E-state index in [2.05, 4.69) is 36.0 Å². The van der Waals surface area contributed by atoms with Gasteiger partial charge in [-0.3, -0.25) is 4.90 Å². The molecule has 17 heavy (non-hydrogen) atoms. The Hall–Kier alpha value is -0.160. The molecule has 1 fully saturated rings. The first-order valence-electron chi connectivity index (χ1n) is 6.88. The molecule has 0 aromatic carbocycles. The zero-order chi connectivity index (χ0) is 12.5. The second-order valence-electron chi connectivity index (χ2n) is 5.36. The van der Waals surface area contributed by atoms with E-state index in [0.29, 0.717) is 5.92 Å². The van der Waals surface area contributed by atoms with Gasteiger partial charge in [0.15, 0.2) is 0 Å². The summed E-state index contributed by atoms with van der Waals surface area (Å²) in [6, 6.07) is 0. The highest BCUT2D eigenvalue weighted by Gasteiger charge is 2.12. The summed E-state index contributed by atoms with van der Waals surface area (Å²) in [5.41, 5.74) is 0. The minimum Gasteiger partial charge on any atom is -0.380 e. The Morgan fingerprint density at radius 2 is 1.82 bits per heavy atom. The zero-order valence-electron chi connectivity index (χ0n) is 11.7. The van der Waals surface area contributed by atoms with Gasteiger partial charge in [0.25, 0.3) is 0 Å². The quantitative estimate of drug-likeness (QED) is 0.628. The van der Waals surface area contributed by atoms with Crippen LogP contribution in [0.25, 0.3) is 0 Å². The highest BCUT2D eigenvalue weighted by Crippen LogP contribution is 1.97. The van der Waals surface area contributed by atoms with E-state index in [9.17, 15) is 0 Å². The van der Waals surface area contributed by atoms with Gasteiger partial charge in [0.05, 0.1) is 6.61 Å². The van der Waals surface area contributed by atoms with Crippen molar-refractivity contribution in [1.82, 2.24) is 15.1 Å². The Labute approximate surface area is 106 Å². The summed E-state index contributed by atoms with van der Waals surface area (Å²) >= 11 is 0. The van der Waals surface area contributed by atoms with Crippen LogP contribution in [0.1, 0.15) is 13.8 Å². The highest BCUT2D eigenvalue weighted by atomic mass is 16.5. The summed E-state index contributed by atoms with van der Waals surface area (Å²) in [6.07, 6.45) is 0. The Kier molecular flexibility index (Phi) is 7.77. The van der Waals surface area contributed by atoms with Gasteiger partial charge in [-0.05, 0) is 13.0 Å². The van der Waals surface area contributed by atoms with E-state index in [1.807, 2.05) is 0 Å². The van der Waals surface area contributed by atoms with Crippen LogP contribution >= 0.6 is 0 Å². The van der Waals surface area contributed by atoms with Crippen molar-refractivity contribution in [3.05, 3.63) is 0 Å². The predicted molar refractivity (Wildman–Crippen MR) is 72.5 cm³/mol. The molecule has 0 aromatic rings. The molecule has 0 amide bonds. The van der Waals surface area contributed by atoms with Gasteiger partial charge in [-0.1, -0.05) is 13.8 Å². The maximum atomic E-state index is 5.52. The van der Waals surface area contributed by atoms with E-state index in [1.165, 1.54) is 26.2 Å². The minimum absolute atomic E-state index is 0.639. The fraction of sp³-hybridized carbons (Fsp3) is 1.00. The number of nitrogens with one attached hydrogen (secondary N) is 1. The largest absolute Gasteiger partial charge is 0.380 e. The van der Waals surface area contributed by atoms with Gasteiger partial charge >= 0.3 is 0 Å². The van der Waals surface area contributed by atoms with Crippen molar-refractivity contribution in [2.45, 2.75) is 13.8 Å². The molecular weight excluding hydrogens is 214 g/mol. The predicted octanol–water partition coefficient (Wildman–Crippen LogP) is 0.496. The van der Waals surface area contributed by atoms with Gasteiger partial charge < -0.3 is 15.0 Å². The Bertz CT molecular complexity index is 180. The van der Waals surface area contributed by atoms with Crippen molar-refractivity contribution < 1.29 is 4.74 Å². The van der Waals surface area contributed by atoms with Crippen molar-refractivity contribution in [3.63, 3.8) is 0 Å². The van der Waals surface area contributed by atoms with Crippen LogP contribution in [-0.2, 0) is 4.74 Å². The van der Waals surface area contributed by atoms with Gasteiger partial charge in [-0.2, -0.15) is 0 Å². The monoisotopic (exact) mass is 243 g/mol. The van der Waals surface area contributed by atoms with E-state index in [0.717, 1.165) is 32.8 Å². The van der Waals surface area contributed by atoms with Crippen LogP contribution in [0, 0.1) is 5.92 Å². The molecule has 0 aliphatic carbocycles. The molecule has 1 rings (SSSR count). The number of rotatable bonds is 8. The van der Waals surface area contributed by atoms with Crippen LogP contribution in [0.15, 0.2) is 0 Å². The van der Waals surface area contributed by atoms with Gasteiger partial charge in [-0.15, -0.1) is 0 Å². The smallest absolute Gasteiger partial charge is 0.0591 e. The number of nitrogens with zero attached hydrogens (tertiary/aromatic N) is 2. The van der Waals surface area contributed by atoms with E-state index in [4.69, 9.17) is 4.74 Å². The standard InChI is InChI=1S/C13H29N3O/c1-13(2)12-17-11-5-14-4-6-16-9-7-15(3)8-10-16/h13-14H,4-12H2,1-3H3. The fourth-order valence-electron chi connectivity index (χ4n) is 1.90. The first kappa shape index (κ1) is 14.9. The van der Waals surface area contributed by atoms with Crippen LogP contribution in [0.3, 0.4) is 0 Å². The molecule has 1 aliphatic rings. The molecule has 4 heteroatoms. The normalized spacial score (nSPS) is 19.1. The summed E-state index contributed by atoms with van der Waals surface area (Å²) in [4.78, 5) is 4.92. The Morgan fingerprint density at radius 3 is 2.47 bits per heavy atom. The van der Waals surface area contributed by atoms with Crippen LogP contribution < -0.4 is 5.32 Å². The molecule has 102 valence electrons. The van der Waals surface area contributed by atoms with Crippen molar-refractivity contribution >= 4 is 0 Å². The van der Waals surface area contributed by atoms with Crippen molar-refractivity contribution in [2.24, 2.45) is 5.92 Å². The summed E-state index contributed by atoms with van der Waals surface area (Å²) in [6.45, 7) is 14.1. The van der Waals surface area contributed by atoms with Crippen LogP contribution in [-0.4, -0.2) is 75.9 Å². The Morgan fingerprint density at radius 1 is 1.12 bits per heavy atom. The van der Waals surface area contributed by atoms with Crippen molar-refractivity contribution in [3.8, 4) is 0 Å². The lowest BCUT2D eigenvalue weighted by atomic mass is 10.2. The van der Waals surface area contributed by atoms with Gasteiger partial charge in [0.2, 0.25) is 0 Å². The molecule has 0 unspecified atom stereocenters. The van der Waals surface area contributed by atoms with Crippen LogP contribution in [0.4, 0.5) is 0 Å². The molecule has 0 atom stereocenters. The lowest BCUT2D eigenvalue weighted by Gasteiger charge is -2.32. The van der Waals surface area contributed by atoms with E-state index < -0.39 is 0 Å².